The van der Waals surface area contributed by atoms with Crippen LogP contribution < -0.4 is 19.7 Å². The van der Waals surface area contributed by atoms with E-state index in [1.165, 1.54) is 29.0 Å². The van der Waals surface area contributed by atoms with Gasteiger partial charge in [0.2, 0.25) is 5.88 Å². The lowest BCUT2D eigenvalue weighted by Crippen LogP contribution is -2.41. The average molecular weight is 564 g/mol. The first kappa shape index (κ1) is 27.0. The van der Waals surface area contributed by atoms with Gasteiger partial charge in [0, 0.05) is 11.6 Å². The van der Waals surface area contributed by atoms with Crippen molar-refractivity contribution in [2.75, 3.05) is 36.0 Å². The van der Waals surface area contributed by atoms with E-state index in [1.54, 1.807) is 48.6 Å². The minimum Gasteiger partial charge on any atom is -0.488 e. The fourth-order valence-corrected chi connectivity index (χ4v) is 4.42. The molecule has 206 valence electrons. The van der Waals surface area contributed by atoms with Gasteiger partial charge in [0.15, 0.2) is 23.3 Å². The second-order valence-corrected chi connectivity index (χ2v) is 9.78. The second-order valence-electron chi connectivity index (χ2n) is 8.88. The number of hydroxylamine groups is 1. The second kappa shape index (κ2) is 10.9. The standard InChI is InChI=1S/C25H24F3N5O5S/c1-24(2)37-14-33(38-24)39-15-36-21-8-4-7-20(30-21)31-23(34)32-11-12-35-19-10-9-18(29-22(19)32)16-5-3-6-17(13-16)25(26,27)28/h3-10,13H,11-12,14-15H2,1-2H3,(H,30,31,34). The van der Waals surface area contributed by atoms with Gasteiger partial charge in [-0.1, -0.05) is 22.7 Å². The van der Waals surface area contributed by atoms with Gasteiger partial charge < -0.3 is 14.2 Å². The molecule has 4 heterocycles. The number of rotatable bonds is 6. The molecule has 0 radical (unpaired) electrons. The number of pyridine rings is 2. The number of carbonyl (C=O) groups is 1. The maximum Gasteiger partial charge on any atom is 0.416 e. The summed E-state index contributed by atoms with van der Waals surface area (Å²) in [7, 11) is 0. The number of ether oxygens (including phenoxy) is 3. The first-order valence-electron chi connectivity index (χ1n) is 11.8. The number of carbonyl (C=O) groups excluding carboxylic acids is 1. The van der Waals surface area contributed by atoms with Gasteiger partial charge in [0.1, 0.15) is 19.2 Å². The molecular formula is C25H24F3N5O5S. The third-order valence-corrected chi connectivity index (χ3v) is 6.29. The zero-order valence-corrected chi connectivity index (χ0v) is 21.7. The fraction of sp³-hybridized carbons (Fsp3) is 0.320. The smallest absolute Gasteiger partial charge is 0.416 e. The largest absolute Gasteiger partial charge is 0.488 e. The van der Waals surface area contributed by atoms with Crippen LogP contribution in [0.2, 0.25) is 0 Å². The van der Waals surface area contributed by atoms with Gasteiger partial charge in [-0.3, -0.25) is 15.1 Å². The number of hydrogen-bond acceptors (Lipinski definition) is 9. The predicted octanol–water partition coefficient (Wildman–Crippen LogP) is 5.54. The molecule has 0 spiro atoms. The van der Waals surface area contributed by atoms with Crippen LogP contribution in [-0.2, 0) is 15.8 Å². The molecule has 2 amide bonds. The molecule has 0 bridgehead atoms. The van der Waals surface area contributed by atoms with Crippen LogP contribution in [-0.4, -0.2) is 52.1 Å². The number of alkyl halides is 3. The van der Waals surface area contributed by atoms with Gasteiger partial charge in [-0.25, -0.2) is 9.78 Å². The Morgan fingerprint density at radius 1 is 1.15 bits per heavy atom. The summed E-state index contributed by atoms with van der Waals surface area (Å²) in [4.78, 5) is 28.9. The summed E-state index contributed by atoms with van der Waals surface area (Å²) in [6.07, 6.45) is -4.49. The van der Waals surface area contributed by atoms with E-state index in [9.17, 15) is 18.0 Å². The third kappa shape index (κ3) is 6.53. The number of hydrogen-bond donors (Lipinski definition) is 1. The van der Waals surface area contributed by atoms with E-state index in [2.05, 4.69) is 15.3 Å². The molecule has 0 aliphatic carbocycles. The molecule has 2 aliphatic rings. The number of aromatic nitrogens is 2. The number of urea groups is 1. The van der Waals surface area contributed by atoms with Crippen LogP contribution in [0.1, 0.15) is 19.4 Å². The van der Waals surface area contributed by atoms with E-state index in [0.717, 1.165) is 12.1 Å². The number of anilines is 2. The molecule has 14 heteroatoms. The van der Waals surface area contributed by atoms with Gasteiger partial charge in [0.05, 0.1) is 17.8 Å². The van der Waals surface area contributed by atoms with Gasteiger partial charge >= 0.3 is 12.2 Å². The Kier molecular flexibility index (Phi) is 7.53. The molecule has 0 saturated carbocycles. The van der Waals surface area contributed by atoms with Gasteiger partial charge in [-0.05, 0) is 56.1 Å². The number of amides is 2. The fourth-order valence-electron chi connectivity index (χ4n) is 3.76. The van der Waals surface area contributed by atoms with Crippen LogP contribution in [0.25, 0.3) is 11.3 Å². The Hall–Kier alpha value is -3.59. The van der Waals surface area contributed by atoms with E-state index >= 15 is 0 Å². The van der Waals surface area contributed by atoms with E-state index in [0.29, 0.717) is 5.75 Å². The Labute approximate surface area is 226 Å². The Balaban J connectivity index is 1.27. The van der Waals surface area contributed by atoms with Crippen molar-refractivity contribution in [2.45, 2.75) is 25.8 Å². The minimum absolute atomic E-state index is 0.180. The highest BCUT2D eigenvalue weighted by Gasteiger charge is 2.33. The number of fused-ring (bicyclic) bond motifs is 1. The number of benzene rings is 1. The van der Waals surface area contributed by atoms with Crippen LogP contribution in [0, 0.1) is 0 Å². The van der Waals surface area contributed by atoms with Crippen molar-refractivity contribution < 1.29 is 37.0 Å². The predicted molar refractivity (Wildman–Crippen MR) is 137 cm³/mol. The van der Waals surface area contributed by atoms with Crippen LogP contribution >= 0.6 is 11.9 Å². The highest BCUT2D eigenvalue weighted by atomic mass is 32.2. The highest BCUT2D eigenvalue weighted by Crippen LogP contribution is 2.35. The van der Waals surface area contributed by atoms with Crippen molar-refractivity contribution in [2.24, 2.45) is 0 Å². The average Bonchev–Trinajstić information content (AvgIpc) is 3.26. The lowest BCUT2D eigenvalue weighted by atomic mass is 10.1. The van der Waals surface area contributed by atoms with Gasteiger partial charge in [0.25, 0.3) is 0 Å². The maximum absolute atomic E-state index is 13.2. The van der Waals surface area contributed by atoms with E-state index in [4.69, 9.17) is 19.0 Å². The van der Waals surface area contributed by atoms with Crippen molar-refractivity contribution in [3.05, 3.63) is 60.2 Å². The van der Waals surface area contributed by atoms with Crippen molar-refractivity contribution in [1.82, 2.24) is 14.4 Å². The van der Waals surface area contributed by atoms with Crippen molar-refractivity contribution in [3.63, 3.8) is 0 Å². The molecule has 1 aromatic carbocycles. The number of nitrogens with one attached hydrogen (secondary N) is 1. The molecule has 2 aliphatic heterocycles. The summed E-state index contributed by atoms with van der Waals surface area (Å²) in [5.74, 6) is 0.552. The molecule has 0 unspecified atom stereocenters. The molecule has 2 aromatic heterocycles. The van der Waals surface area contributed by atoms with Crippen molar-refractivity contribution in [3.8, 4) is 22.9 Å². The quantitative estimate of drug-likeness (QED) is 0.306. The topological polar surface area (TPSA) is 98.3 Å². The summed E-state index contributed by atoms with van der Waals surface area (Å²) in [5.41, 5.74) is -0.260. The lowest BCUT2D eigenvalue weighted by Gasteiger charge is -2.28. The number of nitrogens with zero attached hydrogens (tertiary/aromatic N) is 4. The molecule has 39 heavy (non-hydrogen) atoms. The highest BCUT2D eigenvalue weighted by molar-refractivity contribution is 7.96. The lowest BCUT2D eigenvalue weighted by molar-refractivity contribution is -0.177. The Morgan fingerprint density at radius 2 is 1.97 bits per heavy atom. The molecule has 0 atom stereocenters. The molecule has 1 fully saturated rings. The van der Waals surface area contributed by atoms with Gasteiger partial charge in [-0.2, -0.15) is 18.2 Å². The van der Waals surface area contributed by atoms with Crippen LogP contribution in [0.3, 0.4) is 0 Å². The molecular weight excluding hydrogens is 539 g/mol. The maximum atomic E-state index is 13.2. The summed E-state index contributed by atoms with van der Waals surface area (Å²) in [6, 6.07) is 12.4. The third-order valence-electron chi connectivity index (χ3n) is 5.60. The zero-order valence-electron chi connectivity index (χ0n) is 20.9. The van der Waals surface area contributed by atoms with Crippen LogP contribution in [0.5, 0.6) is 11.6 Å². The summed E-state index contributed by atoms with van der Waals surface area (Å²) in [5, 5.41) is 2.71. The summed E-state index contributed by atoms with van der Waals surface area (Å²) < 4.78 is 57.9. The van der Waals surface area contributed by atoms with Crippen LogP contribution in [0.15, 0.2) is 54.6 Å². The minimum atomic E-state index is -4.49. The van der Waals surface area contributed by atoms with E-state index < -0.39 is 23.6 Å². The zero-order chi connectivity index (χ0) is 27.6. The first-order chi connectivity index (χ1) is 18.6. The number of halogens is 3. The Morgan fingerprint density at radius 3 is 2.74 bits per heavy atom. The van der Waals surface area contributed by atoms with Crippen molar-refractivity contribution in [1.29, 1.82) is 0 Å². The first-order valence-corrected chi connectivity index (χ1v) is 12.8. The molecule has 1 N–H and O–H groups in total. The SMILES string of the molecule is CC1(C)OCN(SCOc2cccc(NC(=O)N3CCOc4ccc(-c5cccc(C(F)(F)F)c5)nc43)n2)O1. The van der Waals surface area contributed by atoms with Gasteiger partial charge in [-0.15, -0.1) is 0 Å². The normalized spacial score (nSPS) is 16.9. The molecule has 1 saturated heterocycles. The van der Waals surface area contributed by atoms with Crippen LogP contribution in [0.4, 0.5) is 29.6 Å². The molecule has 3 aromatic rings. The monoisotopic (exact) mass is 563 g/mol. The van der Waals surface area contributed by atoms with E-state index in [1.807, 2.05) is 0 Å². The van der Waals surface area contributed by atoms with Crippen molar-refractivity contribution >= 4 is 29.6 Å². The Bertz CT molecular complexity index is 1360. The van der Waals surface area contributed by atoms with E-state index in [-0.39, 0.29) is 54.6 Å². The summed E-state index contributed by atoms with van der Waals surface area (Å²) in [6.45, 7) is 4.29. The molecule has 5 rings (SSSR count). The summed E-state index contributed by atoms with van der Waals surface area (Å²) >= 11 is 1.26. The molecule has 10 nitrogen and oxygen atoms in total.